The molecule has 1 aliphatic carbocycles. The molecule has 3 aromatic rings. The van der Waals surface area contributed by atoms with Gasteiger partial charge in [0.1, 0.15) is 0 Å². The summed E-state index contributed by atoms with van der Waals surface area (Å²) in [5.41, 5.74) is 6.58. The minimum absolute atomic E-state index is 0.0521. The van der Waals surface area contributed by atoms with Gasteiger partial charge in [0.15, 0.2) is 0 Å². The lowest BCUT2D eigenvalue weighted by Crippen LogP contribution is -2.38. The largest absolute Gasteiger partial charge is 0.332 e. The van der Waals surface area contributed by atoms with Crippen LogP contribution in [0.2, 0.25) is 0 Å². The van der Waals surface area contributed by atoms with Crippen molar-refractivity contribution in [2.24, 2.45) is 0 Å². The molecule has 196 valence electrons. The second-order valence-corrected chi connectivity index (χ2v) is 12.0. The first-order valence-corrected chi connectivity index (χ1v) is 14.5. The fourth-order valence-corrected chi connectivity index (χ4v) is 6.00. The maximum Gasteiger partial charge on any atom is 0.317 e. The van der Waals surface area contributed by atoms with Gasteiger partial charge in [-0.1, -0.05) is 6.92 Å². The molecule has 1 N–H and O–H groups in total. The maximum atomic E-state index is 13.4. The van der Waals surface area contributed by atoms with Crippen LogP contribution in [-0.2, 0) is 6.54 Å². The molecule has 0 aromatic carbocycles. The van der Waals surface area contributed by atoms with Crippen molar-refractivity contribution < 1.29 is 4.79 Å². The number of urea groups is 1. The molecule has 2 aliphatic rings. The molecule has 37 heavy (non-hydrogen) atoms. The summed E-state index contributed by atoms with van der Waals surface area (Å²) in [7, 11) is 0. The Morgan fingerprint density at radius 3 is 2.54 bits per heavy atom. The van der Waals surface area contributed by atoms with Crippen LogP contribution in [-0.4, -0.2) is 49.5 Å². The van der Waals surface area contributed by atoms with E-state index in [2.05, 4.69) is 66.9 Å². The fourth-order valence-electron chi connectivity index (χ4n) is 5.37. The number of aryl methyl sites for hydroxylation is 2. The number of pyridine rings is 2. The number of aromatic nitrogens is 4. The summed E-state index contributed by atoms with van der Waals surface area (Å²) in [5, 5.41) is 8.12. The van der Waals surface area contributed by atoms with Gasteiger partial charge in [-0.15, -0.1) is 11.8 Å². The highest BCUT2D eigenvalue weighted by Crippen LogP contribution is 2.44. The van der Waals surface area contributed by atoms with E-state index in [1.165, 1.54) is 29.8 Å². The lowest BCUT2D eigenvalue weighted by molar-refractivity contribution is 0.207. The highest BCUT2D eigenvalue weighted by atomic mass is 32.2. The first kappa shape index (κ1) is 25.8. The summed E-state index contributed by atoms with van der Waals surface area (Å²) in [6.45, 7) is 12.4. The molecule has 2 unspecified atom stereocenters. The number of hydrogen-bond donors (Lipinski definition) is 1. The summed E-state index contributed by atoms with van der Waals surface area (Å²) in [4.78, 5) is 25.9. The van der Waals surface area contributed by atoms with Crippen molar-refractivity contribution in [1.82, 2.24) is 30.0 Å². The Hall–Kier alpha value is -2.87. The molecule has 0 radical (unpaired) electrons. The molecule has 8 heteroatoms. The number of amides is 2. The molecule has 0 spiro atoms. The first-order valence-electron chi connectivity index (χ1n) is 13.5. The molecule has 3 aromatic heterocycles. The van der Waals surface area contributed by atoms with Gasteiger partial charge < -0.3 is 10.2 Å². The Labute approximate surface area is 224 Å². The summed E-state index contributed by atoms with van der Waals surface area (Å²) in [6, 6.07) is 10.9. The van der Waals surface area contributed by atoms with Crippen molar-refractivity contribution >= 4 is 17.8 Å². The molecule has 5 rings (SSSR count). The Morgan fingerprint density at radius 2 is 1.89 bits per heavy atom. The second kappa shape index (κ2) is 10.9. The van der Waals surface area contributed by atoms with E-state index in [1.807, 2.05) is 24.1 Å². The Bertz CT molecular complexity index is 1230. The number of hydrogen-bond acceptors (Lipinski definition) is 5. The molecule has 1 saturated heterocycles. The maximum absolute atomic E-state index is 13.4. The van der Waals surface area contributed by atoms with Crippen molar-refractivity contribution in [3.8, 4) is 0 Å². The van der Waals surface area contributed by atoms with E-state index in [9.17, 15) is 4.79 Å². The Morgan fingerprint density at radius 1 is 1.11 bits per heavy atom. The van der Waals surface area contributed by atoms with E-state index in [-0.39, 0.29) is 23.9 Å². The van der Waals surface area contributed by atoms with Gasteiger partial charge in [0, 0.05) is 65.1 Å². The molecular formula is C29H38N6OS. The quantitative estimate of drug-likeness (QED) is 0.373. The zero-order chi connectivity index (χ0) is 26.1. The zero-order valence-corrected chi connectivity index (χ0v) is 23.4. The van der Waals surface area contributed by atoms with Crippen LogP contribution >= 0.6 is 11.8 Å². The van der Waals surface area contributed by atoms with E-state index < -0.39 is 0 Å². The third-order valence-electron chi connectivity index (χ3n) is 7.28. The number of rotatable bonds is 8. The van der Waals surface area contributed by atoms with Gasteiger partial charge in [-0.05, 0) is 82.2 Å². The molecule has 2 amide bonds. The normalized spacial score (nSPS) is 19.6. The molecular weight excluding hydrogens is 480 g/mol. The van der Waals surface area contributed by atoms with Gasteiger partial charge in [-0.2, -0.15) is 5.10 Å². The zero-order valence-electron chi connectivity index (χ0n) is 22.6. The number of thioether (sulfide) groups is 1. The van der Waals surface area contributed by atoms with Crippen molar-refractivity contribution in [3.05, 3.63) is 70.6 Å². The predicted molar refractivity (Wildman–Crippen MR) is 148 cm³/mol. The average molecular weight is 519 g/mol. The van der Waals surface area contributed by atoms with E-state index in [0.29, 0.717) is 25.6 Å². The van der Waals surface area contributed by atoms with Gasteiger partial charge in [0.2, 0.25) is 0 Å². The molecule has 2 atom stereocenters. The van der Waals surface area contributed by atoms with E-state index in [4.69, 9.17) is 10.1 Å². The van der Waals surface area contributed by atoms with Gasteiger partial charge >= 0.3 is 6.03 Å². The topological polar surface area (TPSA) is 75.9 Å². The van der Waals surface area contributed by atoms with Crippen LogP contribution in [0.4, 0.5) is 4.79 Å². The second-order valence-electron chi connectivity index (χ2n) is 10.7. The van der Waals surface area contributed by atoms with Crippen LogP contribution in [0, 0.1) is 13.8 Å². The van der Waals surface area contributed by atoms with Crippen molar-refractivity contribution in [2.75, 3.05) is 18.8 Å². The molecule has 1 aliphatic heterocycles. The highest BCUT2D eigenvalue weighted by Gasteiger charge is 2.41. The van der Waals surface area contributed by atoms with Crippen LogP contribution < -0.4 is 5.32 Å². The SMILES string of the molecule is CCSc1ccc(CNC(=O)N2CC(c3cc(C)cc(C)n3)C(c3cc(C4CC4)nn3C(C)C)C2)nc1. The van der Waals surface area contributed by atoms with Crippen molar-refractivity contribution in [2.45, 2.75) is 82.7 Å². The third-order valence-corrected chi connectivity index (χ3v) is 8.15. The van der Waals surface area contributed by atoms with E-state index in [0.717, 1.165) is 27.7 Å². The molecule has 4 heterocycles. The minimum atomic E-state index is -0.0521. The Kier molecular flexibility index (Phi) is 7.56. The number of carbonyl (C=O) groups excluding carboxylic acids is 1. The number of likely N-dealkylation sites (tertiary alicyclic amines) is 1. The van der Waals surface area contributed by atoms with E-state index >= 15 is 0 Å². The molecule has 2 fully saturated rings. The number of nitrogens with zero attached hydrogens (tertiary/aromatic N) is 5. The summed E-state index contributed by atoms with van der Waals surface area (Å²) >= 11 is 1.77. The van der Waals surface area contributed by atoms with Crippen LogP contribution in [0.3, 0.4) is 0 Å². The standard InChI is InChI=1S/C29H38N6OS/c1-6-37-23-10-9-22(30-15-23)14-31-29(36)34-16-24(27-12-19(4)11-20(5)32-27)25(17-34)28-13-26(21-7-8-21)33-35(28)18(2)3/h9-13,15,18,21,24-25H,6-8,14,16-17H2,1-5H3,(H,31,36). The van der Waals surface area contributed by atoms with Gasteiger partial charge in [0.05, 0.1) is 17.9 Å². The van der Waals surface area contributed by atoms with Gasteiger partial charge in [-0.25, -0.2) is 4.79 Å². The van der Waals surface area contributed by atoms with Gasteiger partial charge in [0.25, 0.3) is 0 Å². The van der Waals surface area contributed by atoms with Crippen LogP contribution in [0.25, 0.3) is 0 Å². The summed E-state index contributed by atoms with van der Waals surface area (Å²) in [6.07, 6.45) is 4.33. The highest BCUT2D eigenvalue weighted by molar-refractivity contribution is 7.99. The number of carbonyl (C=O) groups is 1. The molecule has 1 saturated carbocycles. The van der Waals surface area contributed by atoms with Crippen molar-refractivity contribution in [1.29, 1.82) is 0 Å². The average Bonchev–Trinajstić information content (AvgIpc) is 3.45. The minimum Gasteiger partial charge on any atom is -0.332 e. The van der Waals surface area contributed by atoms with Crippen LogP contribution in [0.15, 0.2) is 41.4 Å². The van der Waals surface area contributed by atoms with E-state index in [1.54, 1.807) is 11.8 Å². The monoisotopic (exact) mass is 518 g/mol. The van der Waals surface area contributed by atoms with Crippen LogP contribution in [0.1, 0.15) is 91.4 Å². The summed E-state index contributed by atoms with van der Waals surface area (Å²) < 4.78 is 2.19. The Balaban J connectivity index is 1.38. The molecule has 7 nitrogen and oxygen atoms in total. The molecule has 0 bridgehead atoms. The lowest BCUT2D eigenvalue weighted by atomic mass is 9.88. The van der Waals surface area contributed by atoms with Crippen molar-refractivity contribution in [3.63, 3.8) is 0 Å². The summed E-state index contributed by atoms with van der Waals surface area (Å²) in [5.74, 6) is 1.87. The van der Waals surface area contributed by atoms with Crippen LogP contribution in [0.5, 0.6) is 0 Å². The number of nitrogens with one attached hydrogen (secondary N) is 1. The smallest absolute Gasteiger partial charge is 0.317 e. The predicted octanol–water partition coefficient (Wildman–Crippen LogP) is 5.95. The first-order chi connectivity index (χ1) is 17.8. The third kappa shape index (κ3) is 5.84. The lowest BCUT2D eigenvalue weighted by Gasteiger charge is -2.21. The fraction of sp³-hybridized carbons (Fsp3) is 0.517. The van der Waals surface area contributed by atoms with Gasteiger partial charge in [-0.3, -0.25) is 14.6 Å².